The van der Waals surface area contributed by atoms with E-state index >= 15 is 0 Å². The summed E-state index contributed by atoms with van der Waals surface area (Å²) in [5, 5.41) is 6.09. The van der Waals surface area contributed by atoms with Gasteiger partial charge in [0.2, 0.25) is 0 Å². The SMILES string of the molecule is COc1ccc(OC)c(C(C)=NNc2ccnc3cc(Cl)ccc23)c1. The first-order chi connectivity index (χ1) is 12.1. The molecule has 0 unspecified atom stereocenters. The lowest BCUT2D eigenvalue weighted by atomic mass is 10.1. The minimum Gasteiger partial charge on any atom is -0.497 e. The van der Waals surface area contributed by atoms with Crippen molar-refractivity contribution in [2.45, 2.75) is 6.92 Å². The fourth-order valence-corrected chi connectivity index (χ4v) is 2.69. The van der Waals surface area contributed by atoms with Crippen molar-refractivity contribution in [1.29, 1.82) is 0 Å². The summed E-state index contributed by atoms with van der Waals surface area (Å²) in [6.07, 6.45) is 1.72. The van der Waals surface area contributed by atoms with Crippen molar-refractivity contribution in [2.75, 3.05) is 19.6 Å². The van der Waals surface area contributed by atoms with Crippen LogP contribution in [0, 0.1) is 0 Å². The van der Waals surface area contributed by atoms with E-state index in [4.69, 9.17) is 21.1 Å². The highest BCUT2D eigenvalue weighted by molar-refractivity contribution is 6.31. The third kappa shape index (κ3) is 3.67. The normalized spacial score (nSPS) is 11.4. The van der Waals surface area contributed by atoms with E-state index in [1.54, 1.807) is 20.4 Å². The Kier molecular flexibility index (Phi) is 5.05. The first-order valence-corrected chi connectivity index (χ1v) is 8.07. The van der Waals surface area contributed by atoms with Crippen LogP contribution in [0.3, 0.4) is 0 Å². The second kappa shape index (κ2) is 7.40. The van der Waals surface area contributed by atoms with Crippen LogP contribution in [-0.2, 0) is 0 Å². The number of nitrogens with one attached hydrogen (secondary N) is 1. The standard InChI is InChI=1S/C19H18ClN3O2/c1-12(16-11-14(24-2)5-7-19(16)25-3)22-23-17-8-9-21-18-10-13(20)4-6-15(17)18/h4-11H,1-3H3,(H,21,23). The molecule has 0 amide bonds. The molecule has 128 valence electrons. The molecule has 0 fully saturated rings. The van der Waals surface area contributed by atoms with Gasteiger partial charge in [-0.05, 0) is 49.4 Å². The summed E-state index contributed by atoms with van der Waals surface area (Å²) in [5.41, 5.74) is 6.39. The van der Waals surface area contributed by atoms with Gasteiger partial charge in [0, 0.05) is 22.2 Å². The summed E-state index contributed by atoms with van der Waals surface area (Å²) in [6.45, 7) is 1.91. The van der Waals surface area contributed by atoms with Crippen molar-refractivity contribution in [3.63, 3.8) is 0 Å². The highest BCUT2D eigenvalue weighted by atomic mass is 35.5. The van der Waals surface area contributed by atoms with E-state index < -0.39 is 0 Å². The largest absolute Gasteiger partial charge is 0.497 e. The smallest absolute Gasteiger partial charge is 0.128 e. The Bertz CT molecular complexity index is 941. The predicted molar refractivity (Wildman–Crippen MR) is 102 cm³/mol. The minimum absolute atomic E-state index is 0.651. The van der Waals surface area contributed by atoms with Gasteiger partial charge in [0.05, 0.1) is 31.1 Å². The molecule has 6 heteroatoms. The van der Waals surface area contributed by atoms with Gasteiger partial charge in [0.25, 0.3) is 0 Å². The van der Waals surface area contributed by atoms with E-state index in [0.717, 1.165) is 39.4 Å². The van der Waals surface area contributed by atoms with Crippen molar-refractivity contribution in [3.8, 4) is 11.5 Å². The highest BCUT2D eigenvalue weighted by Crippen LogP contribution is 2.26. The van der Waals surface area contributed by atoms with Crippen molar-refractivity contribution >= 4 is 33.9 Å². The third-order valence-corrected chi connectivity index (χ3v) is 4.08. The molecule has 0 aliphatic rings. The number of benzene rings is 2. The molecule has 5 nitrogen and oxygen atoms in total. The van der Waals surface area contributed by atoms with E-state index in [1.807, 2.05) is 49.4 Å². The zero-order valence-corrected chi connectivity index (χ0v) is 15.0. The first-order valence-electron chi connectivity index (χ1n) is 7.69. The molecule has 0 saturated carbocycles. The molecule has 0 radical (unpaired) electrons. The maximum Gasteiger partial charge on any atom is 0.128 e. The van der Waals surface area contributed by atoms with E-state index in [-0.39, 0.29) is 0 Å². The van der Waals surface area contributed by atoms with Gasteiger partial charge in [-0.25, -0.2) is 0 Å². The third-order valence-electron chi connectivity index (χ3n) is 3.85. The zero-order chi connectivity index (χ0) is 17.8. The maximum absolute atomic E-state index is 6.03. The summed E-state index contributed by atoms with van der Waals surface area (Å²) >= 11 is 6.03. The first kappa shape index (κ1) is 17.0. The van der Waals surface area contributed by atoms with E-state index in [1.165, 1.54) is 0 Å². The van der Waals surface area contributed by atoms with Crippen LogP contribution >= 0.6 is 11.6 Å². The van der Waals surface area contributed by atoms with Crippen LogP contribution in [-0.4, -0.2) is 24.9 Å². The monoisotopic (exact) mass is 355 g/mol. The molecule has 25 heavy (non-hydrogen) atoms. The van der Waals surface area contributed by atoms with E-state index in [9.17, 15) is 0 Å². The molecule has 1 heterocycles. The lowest BCUT2D eigenvalue weighted by molar-refractivity contribution is 0.402. The topological polar surface area (TPSA) is 55.7 Å². The number of ether oxygens (including phenoxy) is 2. The van der Waals surface area contributed by atoms with Gasteiger partial charge in [-0.15, -0.1) is 0 Å². The van der Waals surface area contributed by atoms with Gasteiger partial charge in [-0.1, -0.05) is 11.6 Å². The molecular weight excluding hydrogens is 338 g/mol. The Hall–Kier alpha value is -2.79. The number of methoxy groups -OCH3 is 2. The van der Waals surface area contributed by atoms with Crippen LogP contribution < -0.4 is 14.9 Å². The number of hydrogen-bond donors (Lipinski definition) is 1. The van der Waals surface area contributed by atoms with Crippen LogP contribution in [0.2, 0.25) is 5.02 Å². The van der Waals surface area contributed by atoms with Crippen LogP contribution in [0.1, 0.15) is 12.5 Å². The van der Waals surface area contributed by atoms with Gasteiger partial charge in [-0.3, -0.25) is 10.4 Å². The number of hydrogen-bond acceptors (Lipinski definition) is 5. The molecule has 0 aliphatic heterocycles. The summed E-state index contributed by atoms with van der Waals surface area (Å²) in [6, 6.07) is 13.0. The van der Waals surface area contributed by atoms with Gasteiger partial charge >= 0.3 is 0 Å². The summed E-state index contributed by atoms with van der Waals surface area (Å²) in [7, 11) is 3.26. The summed E-state index contributed by atoms with van der Waals surface area (Å²) in [4.78, 5) is 4.33. The predicted octanol–water partition coefficient (Wildman–Crippen LogP) is 4.74. The maximum atomic E-state index is 6.03. The Balaban J connectivity index is 1.95. The second-order valence-corrected chi connectivity index (χ2v) is 5.83. The van der Waals surface area contributed by atoms with Crippen molar-refractivity contribution in [2.24, 2.45) is 5.10 Å². The van der Waals surface area contributed by atoms with E-state index in [0.29, 0.717) is 5.02 Å². The molecule has 3 rings (SSSR count). The average molecular weight is 356 g/mol. The number of anilines is 1. The molecule has 0 bridgehead atoms. The van der Waals surface area contributed by atoms with Crippen LogP contribution in [0.25, 0.3) is 10.9 Å². The average Bonchev–Trinajstić information content (AvgIpc) is 2.65. The zero-order valence-electron chi connectivity index (χ0n) is 14.2. The minimum atomic E-state index is 0.651. The lowest BCUT2D eigenvalue weighted by Crippen LogP contribution is -2.03. The second-order valence-electron chi connectivity index (χ2n) is 5.40. The number of aromatic nitrogens is 1. The molecule has 2 aromatic carbocycles. The molecule has 0 saturated heterocycles. The quantitative estimate of drug-likeness (QED) is 0.530. The fourth-order valence-electron chi connectivity index (χ4n) is 2.52. The van der Waals surface area contributed by atoms with Crippen LogP contribution in [0.5, 0.6) is 11.5 Å². The van der Waals surface area contributed by atoms with Crippen LogP contribution in [0.15, 0.2) is 53.8 Å². The molecule has 1 aromatic heterocycles. The summed E-state index contributed by atoms with van der Waals surface area (Å²) < 4.78 is 10.7. The number of fused-ring (bicyclic) bond motifs is 1. The molecule has 0 spiro atoms. The molecule has 3 aromatic rings. The van der Waals surface area contributed by atoms with Crippen molar-refractivity contribution in [1.82, 2.24) is 4.98 Å². The number of halogens is 1. The highest BCUT2D eigenvalue weighted by Gasteiger charge is 2.09. The van der Waals surface area contributed by atoms with Gasteiger partial charge < -0.3 is 9.47 Å². The fraction of sp³-hybridized carbons (Fsp3) is 0.158. The van der Waals surface area contributed by atoms with Gasteiger partial charge in [0.15, 0.2) is 0 Å². The molecular formula is C19H18ClN3O2. The Morgan fingerprint density at radius 3 is 2.68 bits per heavy atom. The number of nitrogens with zero attached hydrogens (tertiary/aromatic N) is 2. The van der Waals surface area contributed by atoms with Crippen molar-refractivity contribution in [3.05, 3.63) is 59.2 Å². The summed E-state index contributed by atoms with van der Waals surface area (Å²) in [5.74, 6) is 1.48. The van der Waals surface area contributed by atoms with Gasteiger partial charge in [0.1, 0.15) is 11.5 Å². The molecule has 0 aliphatic carbocycles. The number of pyridine rings is 1. The molecule has 1 N–H and O–H groups in total. The van der Waals surface area contributed by atoms with Gasteiger partial charge in [-0.2, -0.15) is 5.10 Å². The number of rotatable bonds is 5. The lowest BCUT2D eigenvalue weighted by Gasteiger charge is -2.11. The Morgan fingerprint density at radius 1 is 1.08 bits per heavy atom. The Morgan fingerprint density at radius 2 is 1.92 bits per heavy atom. The van der Waals surface area contributed by atoms with E-state index in [2.05, 4.69) is 15.5 Å². The van der Waals surface area contributed by atoms with Crippen molar-refractivity contribution < 1.29 is 9.47 Å². The molecule has 0 atom stereocenters. The number of hydrazone groups is 1. The Labute approximate surface area is 151 Å². The van der Waals surface area contributed by atoms with Crippen LogP contribution in [0.4, 0.5) is 5.69 Å².